The van der Waals surface area contributed by atoms with Crippen LogP contribution in [0.1, 0.15) is 36.3 Å². The minimum absolute atomic E-state index is 0.220. The summed E-state index contributed by atoms with van der Waals surface area (Å²) in [6.45, 7) is 0. The number of carboxylic acids is 1. The van der Waals surface area contributed by atoms with Gasteiger partial charge in [-0.2, -0.15) is 0 Å². The normalized spacial score (nSPS) is 26.9. The molecule has 0 saturated heterocycles. The third-order valence-electron chi connectivity index (χ3n) is 5.00. The first-order valence-corrected chi connectivity index (χ1v) is 8.21. The lowest BCUT2D eigenvalue weighted by molar-refractivity contribution is -0.146. The zero-order chi connectivity index (χ0) is 17.2. The molecule has 4 heteroatoms. The van der Waals surface area contributed by atoms with E-state index in [1.54, 1.807) is 12.1 Å². The van der Waals surface area contributed by atoms with Gasteiger partial charge in [-0.05, 0) is 48.4 Å². The molecule has 0 radical (unpaired) electrons. The molecule has 1 fully saturated rings. The Bertz CT molecular complexity index is 699. The number of halogens is 1. The number of benzene rings is 2. The van der Waals surface area contributed by atoms with Crippen molar-refractivity contribution < 1.29 is 19.4 Å². The van der Waals surface area contributed by atoms with Crippen LogP contribution in [0.3, 0.4) is 0 Å². The van der Waals surface area contributed by atoms with Gasteiger partial charge in [-0.25, -0.2) is 4.39 Å². The third-order valence-corrected chi connectivity index (χ3v) is 5.00. The van der Waals surface area contributed by atoms with Gasteiger partial charge in [0, 0.05) is 6.42 Å². The van der Waals surface area contributed by atoms with Crippen LogP contribution in [-0.4, -0.2) is 21.8 Å². The summed E-state index contributed by atoms with van der Waals surface area (Å²) in [7, 11) is 0. The number of rotatable bonds is 4. The van der Waals surface area contributed by atoms with Gasteiger partial charge in [0.15, 0.2) is 0 Å². The molecule has 0 aromatic heterocycles. The monoisotopic (exact) mass is 328 g/mol. The molecule has 0 aliphatic heterocycles. The van der Waals surface area contributed by atoms with E-state index in [1.807, 2.05) is 30.3 Å². The van der Waals surface area contributed by atoms with Crippen molar-refractivity contribution in [3.05, 3.63) is 71.5 Å². The lowest BCUT2D eigenvalue weighted by Gasteiger charge is -2.40. The van der Waals surface area contributed by atoms with Crippen molar-refractivity contribution in [2.45, 2.75) is 37.2 Å². The first-order chi connectivity index (χ1) is 11.5. The Morgan fingerprint density at radius 3 is 2.42 bits per heavy atom. The second kappa shape index (κ2) is 6.73. The Kier molecular flexibility index (Phi) is 4.67. The van der Waals surface area contributed by atoms with Crippen molar-refractivity contribution in [3.8, 4) is 0 Å². The molecule has 1 aliphatic carbocycles. The molecule has 0 unspecified atom stereocenters. The molecule has 0 amide bonds. The second-order valence-corrected chi connectivity index (χ2v) is 6.73. The molecule has 3 atom stereocenters. The lowest BCUT2D eigenvalue weighted by Crippen LogP contribution is -2.42. The highest BCUT2D eigenvalue weighted by atomic mass is 19.1. The Labute approximate surface area is 140 Å². The SMILES string of the molecule is O=C(O)[C@@H]1CC[C@](O)(Cc2ccc(F)cc2)C[C@H]1c1ccccc1. The average Bonchev–Trinajstić information content (AvgIpc) is 2.57. The molecule has 24 heavy (non-hydrogen) atoms. The highest BCUT2D eigenvalue weighted by Gasteiger charge is 2.42. The predicted octanol–water partition coefficient (Wildman–Crippen LogP) is 3.77. The zero-order valence-electron chi connectivity index (χ0n) is 13.4. The van der Waals surface area contributed by atoms with Crippen LogP contribution in [0.2, 0.25) is 0 Å². The first-order valence-electron chi connectivity index (χ1n) is 8.21. The Morgan fingerprint density at radius 1 is 1.12 bits per heavy atom. The van der Waals surface area contributed by atoms with Gasteiger partial charge in [0.1, 0.15) is 5.82 Å². The van der Waals surface area contributed by atoms with Gasteiger partial charge in [-0.15, -0.1) is 0 Å². The fourth-order valence-corrected chi connectivity index (χ4v) is 3.77. The highest BCUT2D eigenvalue weighted by molar-refractivity contribution is 5.71. The van der Waals surface area contributed by atoms with E-state index in [0.717, 1.165) is 11.1 Å². The number of hydrogen-bond donors (Lipinski definition) is 2. The fourth-order valence-electron chi connectivity index (χ4n) is 3.77. The van der Waals surface area contributed by atoms with E-state index in [-0.39, 0.29) is 11.7 Å². The maximum absolute atomic E-state index is 13.1. The lowest BCUT2D eigenvalue weighted by atomic mass is 9.67. The topological polar surface area (TPSA) is 57.5 Å². The van der Waals surface area contributed by atoms with Crippen molar-refractivity contribution in [1.82, 2.24) is 0 Å². The van der Waals surface area contributed by atoms with Crippen molar-refractivity contribution in [2.75, 3.05) is 0 Å². The average molecular weight is 328 g/mol. The molecular weight excluding hydrogens is 307 g/mol. The van der Waals surface area contributed by atoms with Crippen molar-refractivity contribution in [1.29, 1.82) is 0 Å². The summed E-state index contributed by atoms with van der Waals surface area (Å²) in [5.74, 6) is -1.82. The molecule has 0 spiro atoms. The van der Waals surface area contributed by atoms with Crippen LogP contribution in [0.25, 0.3) is 0 Å². The standard InChI is InChI=1S/C20H21FO3/c21-16-8-6-14(7-9-16)12-20(24)11-10-17(19(22)23)18(13-20)15-4-2-1-3-5-15/h1-9,17-18,24H,10-13H2,(H,22,23)/t17-,18+,20+/m1/s1. The molecule has 2 aromatic rings. The van der Waals surface area contributed by atoms with E-state index in [0.29, 0.717) is 25.7 Å². The van der Waals surface area contributed by atoms with E-state index < -0.39 is 17.5 Å². The number of carboxylic acid groups (broad SMARTS) is 1. The van der Waals surface area contributed by atoms with E-state index in [4.69, 9.17) is 0 Å². The molecule has 1 aliphatic rings. The first kappa shape index (κ1) is 16.7. The minimum Gasteiger partial charge on any atom is -0.481 e. The molecule has 3 rings (SSSR count). The summed E-state index contributed by atoms with van der Waals surface area (Å²) in [4.78, 5) is 11.6. The van der Waals surface area contributed by atoms with E-state index in [2.05, 4.69) is 0 Å². The largest absolute Gasteiger partial charge is 0.481 e. The van der Waals surface area contributed by atoms with Crippen LogP contribution < -0.4 is 0 Å². The van der Waals surface area contributed by atoms with Crippen LogP contribution in [-0.2, 0) is 11.2 Å². The molecule has 2 N–H and O–H groups in total. The smallest absolute Gasteiger partial charge is 0.307 e. The highest BCUT2D eigenvalue weighted by Crippen LogP contribution is 2.44. The second-order valence-electron chi connectivity index (χ2n) is 6.73. The maximum atomic E-state index is 13.1. The molecule has 2 aromatic carbocycles. The van der Waals surface area contributed by atoms with Gasteiger partial charge in [0.05, 0.1) is 11.5 Å². The molecule has 0 heterocycles. The Morgan fingerprint density at radius 2 is 1.79 bits per heavy atom. The third kappa shape index (κ3) is 3.65. The van der Waals surface area contributed by atoms with Crippen LogP contribution in [0.5, 0.6) is 0 Å². The molecule has 3 nitrogen and oxygen atoms in total. The van der Waals surface area contributed by atoms with Gasteiger partial charge >= 0.3 is 5.97 Å². The van der Waals surface area contributed by atoms with Crippen LogP contribution in [0, 0.1) is 11.7 Å². The summed E-state index contributed by atoms with van der Waals surface area (Å²) in [5.41, 5.74) is 0.839. The van der Waals surface area contributed by atoms with Crippen LogP contribution in [0.4, 0.5) is 4.39 Å². The number of carbonyl (C=O) groups is 1. The van der Waals surface area contributed by atoms with Gasteiger partial charge < -0.3 is 10.2 Å². The molecule has 0 bridgehead atoms. The number of hydrogen-bond acceptors (Lipinski definition) is 2. The summed E-state index contributed by atoms with van der Waals surface area (Å²) in [6.07, 6.45) is 1.67. The zero-order valence-corrected chi connectivity index (χ0v) is 13.4. The maximum Gasteiger partial charge on any atom is 0.307 e. The summed E-state index contributed by atoms with van der Waals surface area (Å²) >= 11 is 0. The molecule has 1 saturated carbocycles. The van der Waals surface area contributed by atoms with Gasteiger partial charge in [0.25, 0.3) is 0 Å². The van der Waals surface area contributed by atoms with E-state index in [9.17, 15) is 19.4 Å². The predicted molar refractivity (Wildman–Crippen MR) is 89.2 cm³/mol. The summed E-state index contributed by atoms with van der Waals surface area (Å²) in [6, 6.07) is 15.6. The van der Waals surface area contributed by atoms with Crippen molar-refractivity contribution >= 4 is 5.97 Å². The molecular formula is C20H21FO3. The van der Waals surface area contributed by atoms with Crippen LogP contribution in [0.15, 0.2) is 54.6 Å². The van der Waals surface area contributed by atoms with Gasteiger partial charge in [-0.3, -0.25) is 4.79 Å². The van der Waals surface area contributed by atoms with Crippen LogP contribution >= 0.6 is 0 Å². The Balaban J connectivity index is 1.83. The Hall–Kier alpha value is -2.20. The molecule has 126 valence electrons. The van der Waals surface area contributed by atoms with Crippen molar-refractivity contribution in [2.24, 2.45) is 5.92 Å². The van der Waals surface area contributed by atoms with E-state index in [1.165, 1.54) is 12.1 Å². The summed E-state index contributed by atoms with van der Waals surface area (Å²) in [5, 5.41) is 20.6. The van der Waals surface area contributed by atoms with Gasteiger partial charge in [-0.1, -0.05) is 42.5 Å². The van der Waals surface area contributed by atoms with E-state index >= 15 is 0 Å². The van der Waals surface area contributed by atoms with Gasteiger partial charge in [0.2, 0.25) is 0 Å². The summed E-state index contributed by atoms with van der Waals surface area (Å²) < 4.78 is 13.1. The minimum atomic E-state index is -0.968. The number of aliphatic hydroxyl groups is 1. The quantitative estimate of drug-likeness (QED) is 0.898. The number of aliphatic carboxylic acids is 1. The fraction of sp³-hybridized carbons (Fsp3) is 0.350. The van der Waals surface area contributed by atoms with Crippen molar-refractivity contribution in [3.63, 3.8) is 0 Å².